The Bertz CT molecular complexity index is 445. The van der Waals surface area contributed by atoms with E-state index in [2.05, 4.69) is 23.4 Å². The van der Waals surface area contributed by atoms with Crippen molar-refractivity contribution in [3.05, 3.63) is 30.4 Å². The van der Waals surface area contributed by atoms with E-state index in [1.165, 1.54) is 5.92 Å². The maximum atomic E-state index is 9.27. The Balaban J connectivity index is 2.47. The van der Waals surface area contributed by atoms with Gasteiger partial charge in [-0.1, -0.05) is 13.8 Å². The number of phenolic OH excluding ortho intramolecular Hbond substituents is 1. The molecule has 0 aliphatic rings. The van der Waals surface area contributed by atoms with Gasteiger partial charge in [-0.05, 0) is 18.1 Å². The van der Waals surface area contributed by atoms with Gasteiger partial charge in [0.2, 0.25) is 0 Å². The molecule has 1 N–H and O–H groups in total. The second kappa shape index (κ2) is 3.33. The van der Waals surface area contributed by atoms with Crippen molar-refractivity contribution in [1.82, 2.24) is 9.55 Å². The first-order valence-corrected chi connectivity index (χ1v) is 4.60. The lowest BCUT2D eigenvalue weighted by Crippen LogP contribution is -2.00. The highest BCUT2D eigenvalue weighted by molar-refractivity contribution is 5.76. The van der Waals surface area contributed by atoms with Crippen molar-refractivity contribution in [2.24, 2.45) is 0 Å². The van der Waals surface area contributed by atoms with Crippen molar-refractivity contribution in [3.63, 3.8) is 0 Å². The molecule has 73 valence electrons. The lowest BCUT2D eigenvalue weighted by molar-refractivity contribution is 0.476. The van der Waals surface area contributed by atoms with Crippen LogP contribution in [0.15, 0.2) is 24.5 Å². The van der Waals surface area contributed by atoms with E-state index in [9.17, 15) is 5.11 Å². The molecule has 1 aromatic heterocycles. The largest absolute Gasteiger partial charge is 0.508 e. The van der Waals surface area contributed by atoms with Crippen LogP contribution in [0.5, 0.6) is 5.75 Å². The summed E-state index contributed by atoms with van der Waals surface area (Å²) in [4.78, 5) is 4.22. The van der Waals surface area contributed by atoms with Crippen molar-refractivity contribution >= 4 is 11.0 Å². The van der Waals surface area contributed by atoms with E-state index in [0.29, 0.717) is 0 Å². The van der Waals surface area contributed by atoms with Crippen molar-refractivity contribution in [2.75, 3.05) is 0 Å². The summed E-state index contributed by atoms with van der Waals surface area (Å²) in [5.74, 6) is 1.59. The van der Waals surface area contributed by atoms with Crippen LogP contribution in [0.25, 0.3) is 11.0 Å². The summed E-state index contributed by atoms with van der Waals surface area (Å²) in [6.45, 7) is 5.06. The van der Waals surface area contributed by atoms with E-state index in [-0.39, 0.29) is 5.75 Å². The molecule has 1 radical (unpaired) electrons. The van der Waals surface area contributed by atoms with Gasteiger partial charge in [-0.15, -0.1) is 0 Å². The van der Waals surface area contributed by atoms with Crippen molar-refractivity contribution in [3.8, 4) is 5.75 Å². The predicted octanol–water partition coefficient (Wildman–Crippen LogP) is 2.36. The summed E-state index contributed by atoms with van der Waals surface area (Å²) < 4.78 is 2.07. The fourth-order valence-corrected chi connectivity index (χ4v) is 1.52. The molecule has 3 heteroatoms. The first-order chi connectivity index (χ1) is 6.66. The summed E-state index contributed by atoms with van der Waals surface area (Å²) in [5.41, 5.74) is 1.90. The lowest BCUT2D eigenvalue weighted by Gasteiger charge is -2.06. The fourth-order valence-electron chi connectivity index (χ4n) is 1.52. The molecule has 3 nitrogen and oxygen atoms in total. The van der Waals surface area contributed by atoms with Gasteiger partial charge >= 0.3 is 0 Å². The van der Waals surface area contributed by atoms with Crippen LogP contribution in [0.4, 0.5) is 0 Å². The third-order valence-corrected chi connectivity index (χ3v) is 2.09. The number of imidazole rings is 1. The second-order valence-electron chi connectivity index (χ2n) is 3.75. The minimum absolute atomic E-state index is 0.264. The molecule has 2 rings (SSSR count). The molecular weight excluding hydrogens is 176 g/mol. The molecule has 0 fully saturated rings. The molecule has 0 spiro atoms. The summed E-state index contributed by atoms with van der Waals surface area (Å²) in [7, 11) is 0. The topological polar surface area (TPSA) is 38.0 Å². The van der Waals surface area contributed by atoms with E-state index < -0.39 is 0 Å². The number of phenols is 1. The molecule has 0 aliphatic carbocycles. The Morgan fingerprint density at radius 3 is 2.93 bits per heavy atom. The Morgan fingerprint density at radius 1 is 1.43 bits per heavy atom. The van der Waals surface area contributed by atoms with E-state index in [1.54, 1.807) is 18.5 Å². The second-order valence-corrected chi connectivity index (χ2v) is 3.75. The zero-order valence-corrected chi connectivity index (χ0v) is 8.36. The van der Waals surface area contributed by atoms with Crippen molar-refractivity contribution < 1.29 is 5.11 Å². The SMILES string of the molecule is C[C](C)Cn1cnc2cc(O)ccc21. The lowest BCUT2D eigenvalue weighted by atomic mass is 10.2. The van der Waals surface area contributed by atoms with Crippen LogP contribution >= 0.6 is 0 Å². The van der Waals surface area contributed by atoms with Gasteiger partial charge in [-0.3, -0.25) is 0 Å². The van der Waals surface area contributed by atoms with E-state index in [1.807, 2.05) is 6.07 Å². The molecule has 2 aromatic rings. The quantitative estimate of drug-likeness (QED) is 0.787. The summed E-state index contributed by atoms with van der Waals surface area (Å²) in [6.07, 6.45) is 1.80. The number of benzene rings is 1. The molecule has 0 unspecified atom stereocenters. The average Bonchev–Trinajstić information content (AvgIpc) is 2.47. The summed E-state index contributed by atoms with van der Waals surface area (Å²) >= 11 is 0. The molecule has 0 bridgehead atoms. The standard InChI is InChI=1S/C11H13N2O/c1-8(2)6-13-7-12-10-5-9(14)3-4-11(10)13/h3-5,7,14H,6H2,1-2H3. The Hall–Kier alpha value is -1.51. The van der Waals surface area contributed by atoms with Gasteiger partial charge < -0.3 is 9.67 Å². The minimum Gasteiger partial charge on any atom is -0.508 e. The molecule has 1 heterocycles. The molecule has 0 saturated carbocycles. The molecule has 0 atom stereocenters. The number of aromatic nitrogens is 2. The van der Waals surface area contributed by atoms with E-state index in [4.69, 9.17) is 0 Å². The van der Waals surface area contributed by atoms with Crippen molar-refractivity contribution in [2.45, 2.75) is 20.4 Å². The number of nitrogens with zero attached hydrogens (tertiary/aromatic N) is 2. The van der Waals surface area contributed by atoms with Gasteiger partial charge in [-0.25, -0.2) is 4.98 Å². The van der Waals surface area contributed by atoms with Crippen LogP contribution in [0.2, 0.25) is 0 Å². The number of hydrogen-bond acceptors (Lipinski definition) is 2. The third kappa shape index (κ3) is 1.58. The maximum absolute atomic E-state index is 9.27. The van der Waals surface area contributed by atoms with E-state index in [0.717, 1.165) is 17.6 Å². The third-order valence-electron chi connectivity index (χ3n) is 2.09. The molecule has 1 aromatic carbocycles. The molecule has 0 aliphatic heterocycles. The van der Waals surface area contributed by atoms with Gasteiger partial charge in [-0.2, -0.15) is 0 Å². The van der Waals surface area contributed by atoms with Gasteiger partial charge in [0.05, 0.1) is 17.4 Å². The maximum Gasteiger partial charge on any atom is 0.117 e. The first-order valence-electron chi connectivity index (χ1n) is 4.60. The summed E-state index contributed by atoms with van der Waals surface area (Å²) in [5, 5.41) is 9.27. The predicted molar refractivity (Wildman–Crippen MR) is 56.0 cm³/mol. The van der Waals surface area contributed by atoms with Crippen LogP contribution in [-0.4, -0.2) is 14.7 Å². The normalized spacial score (nSPS) is 11.4. The van der Waals surface area contributed by atoms with Crippen LogP contribution in [0, 0.1) is 5.92 Å². The van der Waals surface area contributed by atoms with Crippen LogP contribution in [-0.2, 0) is 6.54 Å². The number of rotatable bonds is 2. The molecule has 14 heavy (non-hydrogen) atoms. The van der Waals surface area contributed by atoms with Gasteiger partial charge in [0.15, 0.2) is 0 Å². The summed E-state index contributed by atoms with van der Waals surface area (Å²) in [6, 6.07) is 5.25. The molecule has 0 saturated heterocycles. The van der Waals surface area contributed by atoms with Crippen LogP contribution in [0.3, 0.4) is 0 Å². The minimum atomic E-state index is 0.264. The Morgan fingerprint density at radius 2 is 2.21 bits per heavy atom. The van der Waals surface area contributed by atoms with Gasteiger partial charge in [0.1, 0.15) is 5.75 Å². The Labute approximate surface area is 83.0 Å². The van der Waals surface area contributed by atoms with Crippen LogP contribution in [0.1, 0.15) is 13.8 Å². The first kappa shape index (κ1) is 9.06. The monoisotopic (exact) mass is 189 g/mol. The molecule has 0 amide bonds. The zero-order valence-electron chi connectivity index (χ0n) is 8.36. The van der Waals surface area contributed by atoms with Gasteiger partial charge in [0.25, 0.3) is 0 Å². The molecular formula is C11H13N2O. The Kier molecular flexibility index (Phi) is 2.15. The smallest absolute Gasteiger partial charge is 0.117 e. The highest BCUT2D eigenvalue weighted by atomic mass is 16.3. The highest BCUT2D eigenvalue weighted by Gasteiger charge is 2.04. The van der Waals surface area contributed by atoms with E-state index >= 15 is 0 Å². The average molecular weight is 189 g/mol. The van der Waals surface area contributed by atoms with Gasteiger partial charge in [0, 0.05) is 12.6 Å². The highest BCUT2D eigenvalue weighted by Crippen LogP contribution is 2.19. The van der Waals surface area contributed by atoms with Crippen molar-refractivity contribution in [1.29, 1.82) is 0 Å². The number of fused-ring (bicyclic) bond motifs is 1. The number of aromatic hydroxyl groups is 1. The fraction of sp³-hybridized carbons (Fsp3) is 0.273. The van der Waals surface area contributed by atoms with Crippen LogP contribution < -0.4 is 0 Å². The number of hydrogen-bond donors (Lipinski definition) is 1. The zero-order chi connectivity index (χ0) is 10.1.